The molecule has 3 rings (SSSR count). The van der Waals surface area contributed by atoms with Gasteiger partial charge in [0.2, 0.25) is 0 Å². The predicted octanol–water partition coefficient (Wildman–Crippen LogP) is 2.15. The van der Waals surface area contributed by atoms with Crippen molar-refractivity contribution >= 4 is 24.0 Å². The van der Waals surface area contributed by atoms with Crippen LogP contribution in [0.4, 0.5) is 5.69 Å². The lowest BCUT2D eigenvalue weighted by Gasteiger charge is -2.35. The lowest BCUT2D eigenvalue weighted by Crippen LogP contribution is -2.47. The van der Waals surface area contributed by atoms with E-state index in [4.69, 9.17) is 0 Å². The Morgan fingerprint density at radius 3 is 2.91 bits per heavy atom. The minimum atomic E-state index is -0.455. The molecular formula is C15H20ClN3O3. The number of nitro benzene ring substituents is 1. The highest BCUT2D eigenvalue weighted by atomic mass is 35.5. The van der Waals surface area contributed by atoms with E-state index >= 15 is 0 Å². The van der Waals surface area contributed by atoms with Gasteiger partial charge in [-0.25, -0.2) is 0 Å². The number of benzene rings is 1. The number of halogens is 1. The minimum Gasteiger partial charge on any atom is -0.338 e. The van der Waals surface area contributed by atoms with Gasteiger partial charge in [0, 0.05) is 36.8 Å². The van der Waals surface area contributed by atoms with E-state index in [-0.39, 0.29) is 24.0 Å². The molecule has 2 aliphatic rings. The van der Waals surface area contributed by atoms with Gasteiger partial charge in [0.15, 0.2) is 0 Å². The van der Waals surface area contributed by atoms with Crippen LogP contribution in [0.3, 0.4) is 0 Å². The molecule has 2 fully saturated rings. The van der Waals surface area contributed by atoms with Crippen molar-refractivity contribution in [3.8, 4) is 0 Å². The van der Waals surface area contributed by atoms with Crippen LogP contribution in [-0.2, 0) is 0 Å². The Morgan fingerprint density at radius 2 is 2.18 bits per heavy atom. The fourth-order valence-corrected chi connectivity index (χ4v) is 3.36. The summed E-state index contributed by atoms with van der Waals surface area (Å²) in [5, 5.41) is 14.4. The number of likely N-dealkylation sites (tertiary alicyclic amines) is 1. The number of aryl methyl sites for hydroxylation is 1. The first kappa shape index (κ1) is 16.7. The maximum Gasteiger partial charge on any atom is 0.270 e. The van der Waals surface area contributed by atoms with Gasteiger partial charge >= 0.3 is 0 Å². The largest absolute Gasteiger partial charge is 0.338 e. The Labute approximate surface area is 135 Å². The summed E-state index contributed by atoms with van der Waals surface area (Å²) in [7, 11) is 0. The zero-order valence-corrected chi connectivity index (χ0v) is 13.3. The van der Waals surface area contributed by atoms with E-state index in [0.717, 1.165) is 38.0 Å². The van der Waals surface area contributed by atoms with Crippen LogP contribution in [0, 0.1) is 23.0 Å². The number of rotatable bonds is 2. The number of piperidine rings is 1. The Morgan fingerprint density at radius 1 is 1.41 bits per heavy atom. The van der Waals surface area contributed by atoms with Gasteiger partial charge in [0.25, 0.3) is 11.6 Å². The zero-order chi connectivity index (χ0) is 15.0. The first-order valence-corrected chi connectivity index (χ1v) is 7.34. The molecular weight excluding hydrogens is 306 g/mol. The van der Waals surface area contributed by atoms with Crippen molar-refractivity contribution in [2.24, 2.45) is 5.92 Å². The Kier molecular flexibility index (Phi) is 5.03. The van der Waals surface area contributed by atoms with E-state index in [2.05, 4.69) is 5.32 Å². The average molecular weight is 326 g/mol. The third kappa shape index (κ3) is 3.08. The molecule has 1 amide bonds. The number of fused-ring (bicyclic) bond motifs is 1. The van der Waals surface area contributed by atoms with E-state index in [0.29, 0.717) is 17.5 Å². The number of hydrogen-bond acceptors (Lipinski definition) is 4. The van der Waals surface area contributed by atoms with Crippen molar-refractivity contribution < 1.29 is 9.72 Å². The normalized spacial score (nSPS) is 23.6. The fourth-order valence-electron chi connectivity index (χ4n) is 3.36. The van der Waals surface area contributed by atoms with Crippen molar-refractivity contribution in [1.82, 2.24) is 10.2 Å². The lowest BCUT2D eigenvalue weighted by atomic mass is 9.92. The molecule has 1 N–H and O–H groups in total. The molecule has 0 bridgehead atoms. The molecule has 2 unspecified atom stereocenters. The third-order valence-corrected chi connectivity index (χ3v) is 4.61. The zero-order valence-electron chi connectivity index (χ0n) is 12.4. The standard InChI is InChI=1S/C15H19N3O3.ClH/c1-10-2-3-12(18(20)21)8-13(10)15(19)17-7-5-14-11(9-17)4-6-16-14;/h2-3,8,11,14,16H,4-7,9H2,1H3;1H. The summed E-state index contributed by atoms with van der Waals surface area (Å²) in [6.45, 7) is 4.31. The van der Waals surface area contributed by atoms with Gasteiger partial charge in [-0.2, -0.15) is 0 Å². The first-order chi connectivity index (χ1) is 10.1. The maximum atomic E-state index is 12.7. The number of nitro groups is 1. The third-order valence-electron chi connectivity index (χ3n) is 4.61. The highest BCUT2D eigenvalue weighted by Gasteiger charge is 2.35. The van der Waals surface area contributed by atoms with E-state index in [1.165, 1.54) is 12.1 Å². The van der Waals surface area contributed by atoms with Crippen LogP contribution in [0.2, 0.25) is 0 Å². The summed E-state index contributed by atoms with van der Waals surface area (Å²) in [6.07, 6.45) is 2.06. The van der Waals surface area contributed by atoms with Crippen molar-refractivity contribution in [3.05, 3.63) is 39.4 Å². The molecule has 0 aliphatic carbocycles. The molecule has 1 aromatic carbocycles. The van der Waals surface area contributed by atoms with E-state index in [9.17, 15) is 14.9 Å². The van der Waals surface area contributed by atoms with Gasteiger partial charge in [0.05, 0.1) is 4.92 Å². The summed E-state index contributed by atoms with van der Waals surface area (Å²) >= 11 is 0. The fraction of sp³-hybridized carbons (Fsp3) is 0.533. The van der Waals surface area contributed by atoms with Gasteiger partial charge in [-0.1, -0.05) is 6.07 Å². The summed E-state index contributed by atoms with van der Waals surface area (Å²) in [6, 6.07) is 5.02. The van der Waals surface area contributed by atoms with Gasteiger partial charge in [0.1, 0.15) is 0 Å². The molecule has 2 heterocycles. The SMILES string of the molecule is Cc1ccc([N+](=O)[O-])cc1C(=O)N1CCC2NCCC2C1.Cl. The Hall–Kier alpha value is -1.66. The van der Waals surface area contributed by atoms with Crippen molar-refractivity contribution in [2.45, 2.75) is 25.8 Å². The summed E-state index contributed by atoms with van der Waals surface area (Å²) < 4.78 is 0. The van der Waals surface area contributed by atoms with Crippen LogP contribution in [0.25, 0.3) is 0 Å². The van der Waals surface area contributed by atoms with Crippen molar-refractivity contribution in [1.29, 1.82) is 0 Å². The van der Waals surface area contributed by atoms with E-state index in [1.807, 2.05) is 11.8 Å². The van der Waals surface area contributed by atoms with Crippen molar-refractivity contribution in [3.63, 3.8) is 0 Å². The summed E-state index contributed by atoms with van der Waals surface area (Å²) in [5.74, 6) is 0.434. The number of nitrogens with one attached hydrogen (secondary N) is 1. The molecule has 1 aromatic rings. The maximum absolute atomic E-state index is 12.7. The molecule has 0 aromatic heterocycles. The van der Waals surface area contributed by atoms with Crippen LogP contribution in [0.1, 0.15) is 28.8 Å². The molecule has 0 radical (unpaired) electrons. The minimum absolute atomic E-state index is 0. The summed E-state index contributed by atoms with van der Waals surface area (Å²) in [5.41, 5.74) is 1.22. The van der Waals surface area contributed by atoms with Gasteiger partial charge in [-0.15, -0.1) is 12.4 Å². The second-order valence-corrected chi connectivity index (χ2v) is 5.91. The topological polar surface area (TPSA) is 75.5 Å². The quantitative estimate of drug-likeness (QED) is 0.667. The molecule has 0 saturated carbocycles. The van der Waals surface area contributed by atoms with Crippen LogP contribution in [-0.4, -0.2) is 41.4 Å². The molecule has 2 saturated heterocycles. The van der Waals surface area contributed by atoms with Crippen LogP contribution < -0.4 is 5.32 Å². The molecule has 120 valence electrons. The van der Waals surface area contributed by atoms with E-state index in [1.54, 1.807) is 6.07 Å². The number of carbonyl (C=O) groups is 1. The molecule has 0 spiro atoms. The monoisotopic (exact) mass is 325 g/mol. The van der Waals surface area contributed by atoms with Gasteiger partial charge < -0.3 is 10.2 Å². The number of nitrogens with zero attached hydrogens (tertiary/aromatic N) is 2. The van der Waals surface area contributed by atoms with Crippen molar-refractivity contribution in [2.75, 3.05) is 19.6 Å². The first-order valence-electron chi connectivity index (χ1n) is 7.34. The average Bonchev–Trinajstić information content (AvgIpc) is 2.94. The van der Waals surface area contributed by atoms with Crippen LogP contribution >= 0.6 is 12.4 Å². The molecule has 2 aliphatic heterocycles. The van der Waals surface area contributed by atoms with Crippen LogP contribution in [0.15, 0.2) is 18.2 Å². The van der Waals surface area contributed by atoms with Gasteiger partial charge in [-0.05, 0) is 37.8 Å². The molecule has 6 nitrogen and oxygen atoms in total. The highest BCUT2D eigenvalue weighted by Crippen LogP contribution is 2.27. The number of amides is 1. The highest BCUT2D eigenvalue weighted by molar-refractivity contribution is 5.96. The smallest absolute Gasteiger partial charge is 0.270 e. The summed E-state index contributed by atoms with van der Waals surface area (Å²) in [4.78, 5) is 24.9. The molecule has 2 atom stereocenters. The molecule has 22 heavy (non-hydrogen) atoms. The number of carbonyl (C=O) groups excluding carboxylic acids is 1. The Bertz CT molecular complexity index is 593. The van der Waals surface area contributed by atoms with Gasteiger partial charge in [-0.3, -0.25) is 14.9 Å². The molecule has 7 heteroatoms. The second-order valence-electron chi connectivity index (χ2n) is 5.91. The Balaban J connectivity index is 0.00000176. The predicted molar refractivity (Wildman–Crippen MR) is 85.5 cm³/mol. The van der Waals surface area contributed by atoms with Crippen LogP contribution in [0.5, 0.6) is 0 Å². The number of non-ortho nitro benzene ring substituents is 1. The van der Waals surface area contributed by atoms with E-state index < -0.39 is 4.92 Å². The number of hydrogen-bond donors (Lipinski definition) is 1. The second kappa shape index (κ2) is 6.62. The lowest BCUT2D eigenvalue weighted by molar-refractivity contribution is -0.384.